The third kappa shape index (κ3) is 4.18. The van der Waals surface area contributed by atoms with Crippen LogP contribution in [0.5, 0.6) is 0 Å². The second-order valence-corrected chi connectivity index (χ2v) is 3.07. The number of allylic oxidation sites excluding steroid dienone is 1. The number of hydrogen-bond acceptors (Lipinski definition) is 0. The topological polar surface area (TPSA) is 0 Å². The summed E-state index contributed by atoms with van der Waals surface area (Å²) in [5.74, 6) is 6.06. The molecule has 13 heavy (non-hydrogen) atoms. The average Bonchev–Trinajstić information content (AvgIpc) is 2.14. The minimum Gasteiger partial charge on any atom is -0.0979 e. The van der Waals surface area contributed by atoms with E-state index in [1.54, 1.807) is 0 Å². The van der Waals surface area contributed by atoms with Crippen molar-refractivity contribution >= 4 is 0 Å². The summed E-state index contributed by atoms with van der Waals surface area (Å²) in [6.45, 7) is 5.65. The smallest absolute Gasteiger partial charge is 0.0133 e. The average molecular weight is 170 g/mol. The van der Waals surface area contributed by atoms with E-state index in [0.717, 1.165) is 18.4 Å². The lowest BCUT2D eigenvalue weighted by Crippen LogP contribution is -1.81. The third-order valence-corrected chi connectivity index (χ3v) is 1.68. The number of rotatable bonds is 2. The lowest BCUT2D eigenvalue weighted by atomic mass is 10.1. The van der Waals surface area contributed by atoms with E-state index in [1.165, 1.54) is 5.56 Å². The van der Waals surface area contributed by atoms with E-state index in [2.05, 4.69) is 42.7 Å². The predicted octanol–water partition coefficient (Wildman–Crippen LogP) is 3.20. The van der Waals surface area contributed by atoms with E-state index in [1.807, 2.05) is 13.0 Å². The summed E-state index contributed by atoms with van der Waals surface area (Å²) in [5.41, 5.74) is 2.28. The largest absolute Gasteiger partial charge is 0.0979 e. The zero-order chi connectivity index (χ0) is 9.52. The molecule has 0 unspecified atom stereocenters. The van der Waals surface area contributed by atoms with Crippen LogP contribution in [0.4, 0.5) is 0 Å². The lowest BCUT2D eigenvalue weighted by Gasteiger charge is -1.94. The van der Waals surface area contributed by atoms with Crippen LogP contribution in [0, 0.1) is 11.8 Å². The molecule has 1 aromatic carbocycles. The molecule has 0 saturated carbocycles. The van der Waals surface area contributed by atoms with Crippen molar-refractivity contribution in [2.45, 2.75) is 19.8 Å². The maximum Gasteiger partial charge on any atom is 0.0133 e. The van der Waals surface area contributed by atoms with Gasteiger partial charge in [0.1, 0.15) is 0 Å². The van der Waals surface area contributed by atoms with Gasteiger partial charge < -0.3 is 0 Å². The van der Waals surface area contributed by atoms with Crippen LogP contribution in [-0.4, -0.2) is 0 Å². The highest BCUT2D eigenvalue weighted by molar-refractivity contribution is 5.24. The van der Waals surface area contributed by atoms with E-state index in [9.17, 15) is 0 Å². The summed E-state index contributed by atoms with van der Waals surface area (Å²) in [5, 5.41) is 0. The Labute approximate surface area is 80.3 Å². The van der Waals surface area contributed by atoms with E-state index in [0.29, 0.717) is 0 Å². The van der Waals surface area contributed by atoms with Crippen LogP contribution in [0.25, 0.3) is 0 Å². The molecule has 0 aliphatic carbocycles. The molecule has 1 aromatic rings. The van der Waals surface area contributed by atoms with Crippen LogP contribution >= 0.6 is 0 Å². The first-order valence-corrected chi connectivity index (χ1v) is 4.47. The fourth-order valence-electron chi connectivity index (χ4n) is 1.06. The Morgan fingerprint density at radius 3 is 2.62 bits per heavy atom. The molecule has 0 aliphatic rings. The van der Waals surface area contributed by atoms with Crippen LogP contribution < -0.4 is 0 Å². The van der Waals surface area contributed by atoms with Crippen LogP contribution in [0.3, 0.4) is 0 Å². The highest BCUT2D eigenvalue weighted by atomic mass is 13.9. The summed E-state index contributed by atoms with van der Waals surface area (Å²) >= 11 is 0. The predicted molar refractivity (Wildman–Crippen MR) is 57.4 cm³/mol. The minimum absolute atomic E-state index is 0.914. The van der Waals surface area contributed by atoms with Gasteiger partial charge in [-0.05, 0) is 24.5 Å². The zero-order valence-electron chi connectivity index (χ0n) is 8.01. The van der Waals surface area contributed by atoms with Gasteiger partial charge in [0.2, 0.25) is 0 Å². The van der Waals surface area contributed by atoms with Crippen LogP contribution in [-0.2, 0) is 6.42 Å². The first kappa shape index (κ1) is 9.61. The van der Waals surface area contributed by atoms with Gasteiger partial charge in [0, 0.05) is 6.42 Å². The Hall–Kier alpha value is -1.48. The Morgan fingerprint density at radius 1 is 1.31 bits per heavy atom. The molecule has 0 atom stereocenters. The Kier molecular flexibility index (Phi) is 3.85. The van der Waals surface area contributed by atoms with Gasteiger partial charge in [-0.2, -0.15) is 0 Å². The molecule has 0 nitrogen and oxygen atoms in total. The van der Waals surface area contributed by atoms with Gasteiger partial charge in [-0.1, -0.05) is 48.8 Å². The number of aryl methyl sites for hydroxylation is 1. The standard InChI is InChI=1S/C13H14/c1-12(2)8-6-7-11-13-9-4-3-5-10-13/h3-5,9-10H,1,7,11H2,2H3. The fourth-order valence-corrected chi connectivity index (χ4v) is 1.06. The molecular formula is C13H14. The Morgan fingerprint density at radius 2 is 2.00 bits per heavy atom. The van der Waals surface area contributed by atoms with Gasteiger partial charge in [0.05, 0.1) is 0 Å². The quantitative estimate of drug-likeness (QED) is 0.598. The van der Waals surface area contributed by atoms with Crippen molar-refractivity contribution in [2.24, 2.45) is 0 Å². The van der Waals surface area contributed by atoms with Crippen molar-refractivity contribution in [1.82, 2.24) is 0 Å². The van der Waals surface area contributed by atoms with E-state index in [4.69, 9.17) is 0 Å². The molecule has 0 heteroatoms. The monoisotopic (exact) mass is 170 g/mol. The molecule has 0 bridgehead atoms. The molecule has 0 amide bonds. The van der Waals surface area contributed by atoms with Gasteiger partial charge in [-0.3, -0.25) is 0 Å². The molecule has 66 valence electrons. The Bertz CT molecular complexity index is 322. The van der Waals surface area contributed by atoms with Crippen LogP contribution in [0.15, 0.2) is 42.5 Å². The minimum atomic E-state index is 0.914. The van der Waals surface area contributed by atoms with Crippen molar-refractivity contribution in [3.05, 3.63) is 48.0 Å². The van der Waals surface area contributed by atoms with Crippen molar-refractivity contribution in [2.75, 3.05) is 0 Å². The summed E-state index contributed by atoms with van der Waals surface area (Å²) in [6.07, 6.45) is 1.94. The summed E-state index contributed by atoms with van der Waals surface area (Å²) < 4.78 is 0. The second kappa shape index (κ2) is 5.22. The molecule has 0 radical (unpaired) electrons. The van der Waals surface area contributed by atoms with Gasteiger partial charge >= 0.3 is 0 Å². The van der Waals surface area contributed by atoms with Crippen molar-refractivity contribution in [3.63, 3.8) is 0 Å². The lowest BCUT2D eigenvalue weighted by molar-refractivity contribution is 1.03. The van der Waals surface area contributed by atoms with Crippen molar-refractivity contribution < 1.29 is 0 Å². The summed E-state index contributed by atoms with van der Waals surface area (Å²) in [4.78, 5) is 0. The normalized spacial score (nSPS) is 8.69. The van der Waals surface area contributed by atoms with Crippen LogP contribution in [0.2, 0.25) is 0 Å². The maximum absolute atomic E-state index is 3.73. The highest BCUT2D eigenvalue weighted by Gasteiger charge is 1.87. The molecule has 0 heterocycles. The fraction of sp³-hybridized carbons (Fsp3) is 0.231. The summed E-state index contributed by atoms with van der Waals surface area (Å²) in [7, 11) is 0. The highest BCUT2D eigenvalue weighted by Crippen LogP contribution is 2.01. The molecule has 0 fully saturated rings. The first-order chi connectivity index (χ1) is 6.29. The van der Waals surface area contributed by atoms with Crippen molar-refractivity contribution in [1.29, 1.82) is 0 Å². The SMILES string of the molecule is C=C(C)C#CCCc1ccccc1. The summed E-state index contributed by atoms with van der Waals surface area (Å²) in [6, 6.07) is 10.4. The first-order valence-electron chi connectivity index (χ1n) is 4.47. The molecule has 1 rings (SSSR count). The van der Waals surface area contributed by atoms with E-state index in [-0.39, 0.29) is 0 Å². The zero-order valence-corrected chi connectivity index (χ0v) is 8.01. The molecule has 0 N–H and O–H groups in total. The maximum atomic E-state index is 3.73. The van der Waals surface area contributed by atoms with E-state index >= 15 is 0 Å². The molecule has 0 spiro atoms. The van der Waals surface area contributed by atoms with Gasteiger partial charge in [0.25, 0.3) is 0 Å². The molecular weight excluding hydrogens is 156 g/mol. The van der Waals surface area contributed by atoms with Gasteiger partial charge in [-0.15, -0.1) is 0 Å². The molecule has 0 aromatic heterocycles. The second-order valence-electron chi connectivity index (χ2n) is 3.07. The molecule has 0 saturated heterocycles. The van der Waals surface area contributed by atoms with Crippen molar-refractivity contribution in [3.8, 4) is 11.8 Å². The van der Waals surface area contributed by atoms with Crippen LogP contribution in [0.1, 0.15) is 18.9 Å². The molecule has 0 aliphatic heterocycles. The Balaban J connectivity index is 2.37. The van der Waals surface area contributed by atoms with Gasteiger partial charge in [0.15, 0.2) is 0 Å². The van der Waals surface area contributed by atoms with E-state index < -0.39 is 0 Å². The number of hydrogen-bond donors (Lipinski definition) is 0. The van der Waals surface area contributed by atoms with Gasteiger partial charge in [-0.25, -0.2) is 0 Å². The number of benzene rings is 1. The third-order valence-electron chi connectivity index (χ3n) is 1.68.